The van der Waals surface area contributed by atoms with Crippen LogP contribution in [0.1, 0.15) is 34.6 Å². The monoisotopic (exact) mass is 250 g/mol. The van der Waals surface area contributed by atoms with Crippen molar-refractivity contribution in [1.82, 2.24) is 0 Å². The molecular weight excluding hydrogens is 224 g/mol. The van der Waals surface area contributed by atoms with Gasteiger partial charge in [-0.05, 0) is 34.6 Å². The first-order valence-corrected chi connectivity index (χ1v) is 7.05. The van der Waals surface area contributed by atoms with Crippen LogP contribution in [0.4, 0.5) is 0 Å². The van der Waals surface area contributed by atoms with Crippen molar-refractivity contribution in [2.45, 2.75) is 45.8 Å². The highest BCUT2D eigenvalue weighted by atomic mass is 28.1. The number of hydrogen-bond donors (Lipinski definition) is 0. The Labute approximate surface area is 102 Å². The number of ether oxygens (including phenoxy) is 4. The van der Waals surface area contributed by atoms with Crippen LogP contribution in [0.3, 0.4) is 0 Å². The van der Waals surface area contributed by atoms with E-state index in [1.165, 1.54) is 0 Å². The zero-order valence-corrected chi connectivity index (χ0v) is 13.5. The molecule has 0 aromatic carbocycles. The highest BCUT2D eigenvalue weighted by molar-refractivity contribution is 6.14. The van der Waals surface area contributed by atoms with Crippen LogP contribution in [-0.4, -0.2) is 47.9 Å². The highest BCUT2D eigenvalue weighted by Crippen LogP contribution is 2.30. The van der Waals surface area contributed by atoms with Gasteiger partial charge in [-0.15, -0.1) is 0 Å². The third kappa shape index (κ3) is 3.82. The van der Waals surface area contributed by atoms with Gasteiger partial charge in [-0.1, -0.05) is 0 Å². The summed E-state index contributed by atoms with van der Waals surface area (Å²) >= 11 is 0. The van der Waals surface area contributed by atoms with E-state index in [0.29, 0.717) is 26.4 Å². The van der Waals surface area contributed by atoms with E-state index in [9.17, 15) is 0 Å². The third-order valence-electron chi connectivity index (χ3n) is 2.25. The van der Waals surface area contributed by atoms with Crippen molar-refractivity contribution in [3.63, 3.8) is 0 Å². The van der Waals surface area contributed by atoms with Gasteiger partial charge < -0.3 is 18.9 Å². The van der Waals surface area contributed by atoms with E-state index in [2.05, 4.69) is 0 Å². The second kappa shape index (κ2) is 7.40. The van der Waals surface area contributed by atoms with Crippen molar-refractivity contribution in [1.29, 1.82) is 0 Å². The van der Waals surface area contributed by atoms with Gasteiger partial charge in [-0.2, -0.15) is 0 Å². The Kier molecular flexibility index (Phi) is 7.42. The number of rotatable bonds is 9. The molecule has 0 saturated heterocycles. The van der Waals surface area contributed by atoms with E-state index < -0.39 is 11.2 Å². The molecule has 5 heteroatoms. The van der Waals surface area contributed by atoms with Gasteiger partial charge in [0, 0.05) is 26.4 Å². The fourth-order valence-corrected chi connectivity index (χ4v) is 2.39. The van der Waals surface area contributed by atoms with Crippen LogP contribution in [0.15, 0.2) is 0 Å². The van der Waals surface area contributed by atoms with Crippen LogP contribution < -0.4 is 0 Å². The van der Waals surface area contributed by atoms with Crippen LogP contribution in [-0.2, 0) is 18.9 Å². The molecule has 0 saturated carbocycles. The standard InChI is InChI=1S/C11H26O4Si/c1-6-12-10(5,16)11(13-7-2,14-8-3)15-9-4/h6-9H2,1-5,16H3. The van der Waals surface area contributed by atoms with Crippen LogP contribution in [0.2, 0.25) is 0 Å². The minimum absolute atomic E-state index is 0.510. The maximum Gasteiger partial charge on any atom is 0.309 e. The molecule has 0 heterocycles. The molecule has 0 rings (SSSR count). The predicted octanol–water partition coefficient (Wildman–Crippen LogP) is 0.868. The van der Waals surface area contributed by atoms with E-state index in [-0.39, 0.29) is 0 Å². The summed E-state index contributed by atoms with van der Waals surface area (Å²) in [6, 6.07) is 0. The zero-order valence-electron chi connectivity index (χ0n) is 11.5. The lowest BCUT2D eigenvalue weighted by molar-refractivity contribution is -0.422. The van der Waals surface area contributed by atoms with Gasteiger partial charge in [0.25, 0.3) is 0 Å². The lowest BCUT2D eigenvalue weighted by Gasteiger charge is -2.43. The lowest BCUT2D eigenvalue weighted by atomic mass is 10.3. The maximum absolute atomic E-state index is 5.74. The van der Waals surface area contributed by atoms with Gasteiger partial charge in [0.15, 0.2) is 0 Å². The van der Waals surface area contributed by atoms with Crippen molar-refractivity contribution >= 4 is 10.2 Å². The minimum Gasteiger partial charge on any atom is -0.372 e. The average Bonchev–Trinajstić information content (AvgIpc) is 2.18. The Morgan fingerprint density at radius 3 is 1.31 bits per heavy atom. The van der Waals surface area contributed by atoms with Crippen LogP contribution >= 0.6 is 0 Å². The maximum atomic E-state index is 5.74. The van der Waals surface area contributed by atoms with Gasteiger partial charge in [0.05, 0.1) is 10.2 Å². The molecule has 0 fully saturated rings. The van der Waals surface area contributed by atoms with E-state index in [4.69, 9.17) is 18.9 Å². The molecule has 0 bridgehead atoms. The molecule has 0 aromatic heterocycles. The van der Waals surface area contributed by atoms with Crippen molar-refractivity contribution in [3.05, 3.63) is 0 Å². The molecule has 16 heavy (non-hydrogen) atoms. The summed E-state index contributed by atoms with van der Waals surface area (Å²) in [7, 11) is 0.760. The van der Waals surface area contributed by atoms with Crippen molar-refractivity contribution in [3.8, 4) is 0 Å². The second-order valence-electron chi connectivity index (χ2n) is 3.80. The van der Waals surface area contributed by atoms with E-state index in [0.717, 1.165) is 10.2 Å². The van der Waals surface area contributed by atoms with Crippen LogP contribution in [0.5, 0.6) is 0 Å². The molecule has 4 nitrogen and oxygen atoms in total. The molecule has 98 valence electrons. The van der Waals surface area contributed by atoms with Crippen molar-refractivity contribution < 1.29 is 18.9 Å². The summed E-state index contributed by atoms with van der Waals surface area (Å²) in [5, 5.41) is -0.510. The molecule has 0 aromatic rings. The van der Waals surface area contributed by atoms with Crippen LogP contribution in [0.25, 0.3) is 0 Å². The Balaban J connectivity index is 4.96. The molecule has 0 N–H and O–H groups in total. The summed E-state index contributed by atoms with van der Waals surface area (Å²) in [4.78, 5) is 0. The zero-order chi connectivity index (χ0) is 12.7. The molecular formula is C11H26O4Si. The first kappa shape index (κ1) is 16.1. The minimum atomic E-state index is -1.06. The first-order valence-electron chi connectivity index (χ1n) is 6.05. The molecule has 1 atom stereocenters. The Morgan fingerprint density at radius 2 is 1.06 bits per heavy atom. The van der Waals surface area contributed by atoms with Crippen molar-refractivity contribution in [2.75, 3.05) is 26.4 Å². The SMILES string of the molecule is CCOC(C)([SiH3])C(OCC)(OCC)OCC. The summed E-state index contributed by atoms with van der Waals surface area (Å²) < 4.78 is 22.8. The third-order valence-corrected chi connectivity index (χ3v) is 3.15. The average molecular weight is 250 g/mol. The van der Waals surface area contributed by atoms with Gasteiger partial charge >= 0.3 is 5.97 Å². The molecule has 0 spiro atoms. The molecule has 0 aliphatic carbocycles. The lowest BCUT2D eigenvalue weighted by Crippen LogP contribution is -2.60. The highest BCUT2D eigenvalue weighted by Gasteiger charge is 2.49. The summed E-state index contributed by atoms with van der Waals surface area (Å²) in [6.45, 7) is 11.9. The fraction of sp³-hybridized carbons (Fsp3) is 1.00. The first-order chi connectivity index (χ1) is 7.49. The Bertz CT molecular complexity index is 168. The Morgan fingerprint density at radius 1 is 0.750 bits per heavy atom. The van der Waals surface area contributed by atoms with Gasteiger partial charge in [0.1, 0.15) is 5.22 Å². The van der Waals surface area contributed by atoms with E-state index in [1.54, 1.807) is 0 Å². The normalized spacial score (nSPS) is 16.3. The van der Waals surface area contributed by atoms with E-state index in [1.807, 2.05) is 34.6 Å². The van der Waals surface area contributed by atoms with Crippen molar-refractivity contribution in [2.24, 2.45) is 0 Å². The van der Waals surface area contributed by atoms with Gasteiger partial charge in [0.2, 0.25) is 0 Å². The molecule has 0 radical (unpaired) electrons. The smallest absolute Gasteiger partial charge is 0.309 e. The Hall–Kier alpha value is 0.0569. The summed E-state index contributed by atoms with van der Waals surface area (Å²) in [5.41, 5.74) is 0. The molecule has 0 aliphatic rings. The molecule has 1 unspecified atom stereocenters. The number of hydrogen-bond acceptors (Lipinski definition) is 4. The van der Waals surface area contributed by atoms with E-state index >= 15 is 0 Å². The van der Waals surface area contributed by atoms with Crippen LogP contribution in [0, 0.1) is 0 Å². The predicted molar refractivity (Wildman–Crippen MR) is 67.6 cm³/mol. The second-order valence-corrected chi connectivity index (χ2v) is 5.71. The summed E-state index contributed by atoms with van der Waals surface area (Å²) in [5.74, 6) is -1.06. The molecule has 0 amide bonds. The quantitative estimate of drug-likeness (QED) is 0.449. The summed E-state index contributed by atoms with van der Waals surface area (Å²) in [6.07, 6.45) is 0. The largest absolute Gasteiger partial charge is 0.372 e. The topological polar surface area (TPSA) is 36.9 Å². The fourth-order valence-electron chi connectivity index (χ4n) is 1.67. The van der Waals surface area contributed by atoms with Gasteiger partial charge in [-0.3, -0.25) is 0 Å². The molecule has 0 aliphatic heterocycles. The van der Waals surface area contributed by atoms with Gasteiger partial charge in [-0.25, -0.2) is 0 Å².